The van der Waals surface area contributed by atoms with Crippen molar-refractivity contribution in [3.8, 4) is 5.75 Å². The fraction of sp³-hybridized carbons (Fsp3) is 0.200. The second-order valence-corrected chi connectivity index (χ2v) is 4.58. The molecule has 0 saturated carbocycles. The predicted octanol–water partition coefficient (Wildman–Crippen LogP) is 3.43. The number of phenols is 1. The molecule has 0 bridgehead atoms. The SMILES string of the molecule is C=C(Nc1ccc(C)cc1O)c1c(C)ccn1C. The van der Waals surface area contributed by atoms with Crippen LogP contribution in [0.5, 0.6) is 5.75 Å². The molecule has 3 nitrogen and oxygen atoms in total. The first-order chi connectivity index (χ1) is 8.49. The van der Waals surface area contributed by atoms with Crippen molar-refractivity contribution in [3.05, 3.63) is 53.9 Å². The van der Waals surface area contributed by atoms with Gasteiger partial charge in [-0.1, -0.05) is 12.6 Å². The highest BCUT2D eigenvalue weighted by Gasteiger charge is 2.09. The van der Waals surface area contributed by atoms with Crippen molar-refractivity contribution in [1.29, 1.82) is 0 Å². The van der Waals surface area contributed by atoms with Gasteiger partial charge in [0.05, 0.1) is 17.1 Å². The first-order valence-electron chi connectivity index (χ1n) is 5.87. The van der Waals surface area contributed by atoms with Gasteiger partial charge in [0.25, 0.3) is 0 Å². The molecule has 3 heteroatoms. The zero-order chi connectivity index (χ0) is 13.3. The van der Waals surface area contributed by atoms with Gasteiger partial charge in [-0.25, -0.2) is 0 Å². The number of aromatic hydroxyl groups is 1. The molecule has 0 saturated heterocycles. The van der Waals surface area contributed by atoms with Crippen LogP contribution in [-0.4, -0.2) is 9.67 Å². The molecule has 0 radical (unpaired) electrons. The Hall–Kier alpha value is -2.16. The van der Waals surface area contributed by atoms with E-state index in [1.165, 1.54) is 0 Å². The highest BCUT2D eigenvalue weighted by Crippen LogP contribution is 2.28. The summed E-state index contributed by atoms with van der Waals surface area (Å²) in [5.41, 5.74) is 4.67. The molecule has 0 fully saturated rings. The Labute approximate surface area is 107 Å². The Morgan fingerprint density at radius 1 is 1.28 bits per heavy atom. The molecular formula is C15H18N2O. The third kappa shape index (κ3) is 2.25. The largest absolute Gasteiger partial charge is 0.506 e. The van der Waals surface area contributed by atoms with Crippen molar-refractivity contribution in [2.45, 2.75) is 13.8 Å². The molecule has 18 heavy (non-hydrogen) atoms. The first kappa shape index (κ1) is 12.3. The van der Waals surface area contributed by atoms with Gasteiger partial charge in [0.1, 0.15) is 5.75 Å². The van der Waals surface area contributed by atoms with Crippen LogP contribution in [0.3, 0.4) is 0 Å². The number of hydrogen-bond donors (Lipinski definition) is 2. The van der Waals surface area contributed by atoms with Crippen molar-refractivity contribution in [2.24, 2.45) is 7.05 Å². The number of aryl methyl sites for hydroxylation is 3. The highest BCUT2D eigenvalue weighted by molar-refractivity contribution is 5.78. The van der Waals surface area contributed by atoms with Gasteiger partial charge in [-0.3, -0.25) is 0 Å². The van der Waals surface area contributed by atoms with Gasteiger partial charge in [0.15, 0.2) is 0 Å². The molecule has 0 aliphatic carbocycles. The van der Waals surface area contributed by atoms with E-state index in [4.69, 9.17) is 0 Å². The Balaban J connectivity index is 2.27. The summed E-state index contributed by atoms with van der Waals surface area (Å²) in [5, 5.41) is 13.0. The van der Waals surface area contributed by atoms with Gasteiger partial charge < -0.3 is 15.0 Å². The fourth-order valence-corrected chi connectivity index (χ4v) is 2.08. The Morgan fingerprint density at radius 2 is 2.00 bits per heavy atom. The molecule has 2 aromatic rings. The molecule has 0 amide bonds. The fourth-order valence-electron chi connectivity index (χ4n) is 2.08. The zero-order valence-electron chi connectivity index (χ0n) is 11.0. The topological polar surface area (TPSA) is 37.2 Å². The lowest BCUT2D eigenvalue weighted by Crippen LogP contribution is -2.03. The van der Waals surface area contributed by atoms with Crippen molar-refractivity contribution in [1.82, 2.24) is 4.57 Å². The number of nitrogens with zero attached hydrogens (tertiary/aromatic N) is 1. The molecule has 1 heterocycles. The van der Waals surface area contributed by atoms with E-state index in [1.807, 2.05) is 49.9 Å². The molecular weight excluding hydrogens is 224 g/mol. The summed E-state index contributed by atoms with van der Waals surface area (Å²) in [6.45, 7) is 8.02. The third-order valence-electron chi connectivity index (χ3n) is 3.00. The number of phenolic OH excluding ortho intramolecular Hbond substituents is 1. The van der Waals surface area contributed by atoms with Gasteiger partial charge in [0, 0.05) is 13.2 Å². The normalized spacial score (nSPS) is 10.4. The van der Waals surface area contributed by atoms with Crippen molar-refractivity contribution in [2.75, 3.05) is 5.32 Å². The average Bonchev–Trinajstić information content (AvgIpc) is 2.62. The maximum absolute atomic E-state index is 9.87. The van der Waals surface area contributed by atoms with E-state index in [9.17, 15) is 5.11 Å². The molecule has 1 aromatic carbocycles. The molecule has 0 spiro atoms. The molecule has 1 aromatic heterocycles. The average molecular weight is 242 g/mol. The number of anilines is 1. The van der Waals surface area contributed by atoms with Crippen LogP contribution in [0.4, 0.5) is 5.69 Å². The van der Waals surface area contributed by atoms with Gasteiger partial charge in [-0.05, 0) is 43.2 Å². The summed E-state index contributed by atoms with van der Waals surface area (Å²) < 4.78 is 2.01. The summed E-state index contributed by atoms with van der Waals surface area (Å²) >= 11 is 0. The van der Waals surface area contributed by atoms with E-state index in [0.717, 1.165) is 22.5 Å². The Bertz CT molecular complexity index is 577. The number of rotatable bonds is 3. The molecule has 2 rings (SSSR count). The molecule has 0 atom stereocenters. The van der Waals surface area contributed by atoms with Crippen LogP contribution in [0.25, 0.3) is 5.70 Å². The zero-order valence-corrected chi connectivity index (χ0v) is 11.0. The lowest BCUT2D eigenvalue weighted by atomic mass is 10.2. The number of benzene rings is 1. The molecule has 0 unspecified atom stereocenters. The van der Waals surface area contributed by atoms with E-state index in [2.05, 4.69) is 11.9 Å². The summed E-state index contributed by atoms with van der Waals surface area (Å²) in [6.07, 6.45) is 1.99. The van der Waals surface area contributed by atoms with Gasteiger partial charge >= 0.3 is 0 Å². The molecule has 0 aliphatic rings. The maximum atomic E-state index is 9.87. The number of hydrogen-bond acceptors (Lipinski definition) is 2. The summed E-state index contributed by atoms with van der Waals surface area (Å²) in [5.74, 6) is 0.239. The van der Waals surface area contributed by atoms with Crippen LogP contribution in [0, 0.1) is 13.8 Å². The standard InChI is InChI=1S/C15H18N2O/c1-10-5-6-13(14(18)9-10)16-12(3)15-11(2)7-8-17(15)4/h5-9,16,18H,3H2,1-2,4H3. The summed E-state index contributed by atoms with van der Waals surface area (Å²) in [4.78, 5) is 0. The quantitative estimate of drug-likeness (QED) is 0.809. The summed E-state index contributed by atoms with van der Waals surface area (Å²) in [6, 6.07) is 7.58. The van der Waals surface area contributed by atoms with Crippen LogP contribution < -0.4 is 5.32 Å². The Morgan fingerprint density at radius 3 is 2.56 bits per heavy atom. The minimum Gasteiger partial charge on any atom is -0.506 e. The summed E-state index contributed by atoms with van der Waals surface area (Å²) in [7, 11) is 1.98. The van der Waals surface area contributed by atoms with Crippen LogP contribution in [-0.2, 0) is 7.05 Å². The van der Waals surface area contributed by atoms with E-state index >= 15 is 0 Å². The van der Waals surface area contributed by atoms with E-state index in [0.29, 0.717) is 5.69 Å². The number of aromatic nitrogens is 1. The molecule has 2 N–H and O–H groups in total. The van der Waals surface area contributed by atoms with E-state index < -0.39 is 0 Å². The van der Waals surface area contributed by atoms with Crippen LogP contribution in [0.15, 0.2) is 37.0 Å². The van der Waals surface area contributed by atoms with Crippen LogP contribution in [0.2, 0.25) is 0 Å². The van der Waals surface area contributed by atoms with Crippen molar-refractivity contribution < 1.29 is 5.11 Å². The van der Waals surface area contributed by atoms with Gasteiger partial charge in [0.2, 0.25) is 0 Å². The van der Waals surface area contributed by atoms with Crippen molar-refractivity contribution in [3.63, 3.8) is 0 Å². The predicted molar refractivity (Wildman–Crippen MR) is 75.7 cm³/mol. The Kier molecular flexibility index (Phi) is 3.15. The maximum Gasteiger partial charge on any atom is 0.139 e. The van der Waals surface area contributed by atoms with Gasteiger partial charge in [-0.2, -0.15) is 0 Å². The monoisotopic (exact) mass is 242 g/mol. The minimum atomic E-state index is 0.239. The number of nitrogens with one attached hydrogen (secondary N) is 1. The highest BCUT2D eigenvalue weighted by atomic mass is 16.3. The van der Waals surface area contributed by atoms with Crippen LogP contribution >= 0.6 is 0 Å². The second kappa shape index (κ2) is 4.61. The third-order valence-corrected chi connectivity index (χ3v) is 3.00. The lowest BCUT2D eigenvalue weighted by Gasteiger charge is -2.13. The van der Waals surface area contributed by atoms with Gasteiger partial charge in [-0.15, -0.1) is 0 Å². The van der Waals surface area contributed by atoms with Crippen molar-refractivity contribution >= 4 is 11.4 Å². The van der Waals surface area contributed by atoms with Crippen LogP contribution in [0.1, 0.15) is 16.8 Å². The smallest absolute Gasteiger partial charge is 0.139 e. The second-order valence-electron chi connectivity index (χ2n) is 4.58. The first-order valence-corrected chi connectivity index (χ1v) is 5.87. The molecule has 0 aliphatic heterocycles. The van der Waals surface area contributed by atoms with E-state index in [-0.39, 0.29) is 5.75 Å². The molecule has 94 valence electrons. The lowest BCUT2D eigenvalue weighted by molar-refractivity contribution is 0.477. The minimum absolute atomic E-state index is 0.239. The van der Waals surface area contributed by atoms with E-state index in [1.54, 1.807) is 6.07 Å².